The Morgan fingerprint density at radius 1 is 1.06 bits per heavy atom. The molecule has 0 saturated carbocycles. The second-order valence-corrected chi connectivity index (χ2v) is 8.41. The van der Waals surface area contributed by atoms with Gasteiger partial charge in [-0.05, 0) is 53.6 Å². The van der Waals surface area contributed by atoms with Crippen LogP contribution in [0.25, 0.3) is 0 Å². The van der Waals surface area contributed by atoms with Crippen LogP contribution in [0.4, 0.5) is 18.9 Å². The summed E-state index contributed by atoms with van der Waals surface area (Å²) in [7, 11) is 1.21. The van der Waals surface area contributed by atoms with E-state index in [-0.39, 0.29) is 32.6 Å². The summed E-state index contributed by atoms with van der Waals surface area (Å²) in [4.78, 5) is 27.9. The first-order valence-electron chi connectivity index (χ1n) is 10.1. The number of aliphatic hydroxyl groups is 1. The van der Waals surface area contributed by atoms with Crippen LogP contribution in [0.1, 0.15) is 44.7 Å². The minimum absolute atomic E-state index is 0.00915. The van der Waals surface area contributed by atoms with E-state index < -0.39 is 35.1 Å². The molecule has 1 heterocycles. The van der Waals surface area contributed by atoms with Crippen LogP contribution in [-0.2, 0) is 10.3 Å². The molecule has 1 amide bonds. The molecule has 3 aromatic rings. The third kappa shape index (κ3) is 5.42. The van der Waals surface area contributed by atoms with E-state index in [1.807, 2.05) is 0 Å². The van der Waals surface area contributed by atoms with Gasteiger partial charge in [0.2, 0.25) is 0 Å². The predicted molar refractivity (Wildman–Crippen MR) is 125 cm³/mol. The van der Waals surface area contributed by atoms with Gasteiger partial charge in [0.25, 0.3) is 5.91 Å². The Labute approximate surface area is 208 Å². The average Bonchev–Trinajstić information content (AvgIpc) is 2.82. The number of alkyl halides is 3. The molecule has 2 atom stereocenters. The Morgan fingerprint density at radius 3 is 2.34 bits per heavy atom. The molecule has 0 saturated heterocycles. The van der Waals surface area contributed by atoms with Crippen LogP contribution in [-0.4, -0.2) is 35.3 Å². The molecule has 2 aromatic carbocycles. The molecule has 2 N–H and O–H groups in total. The molecule has 3 rings (SSSR count). The number of hydrogen-bond donors (Lipinski definition) is 2. The van der Waals surface area contributed by atoms with Gasteiger partial charge in [-0.25, -0.2) is 9.78 Å². The van der Waals surface area contributed by atoms with Crippen LogP contribution in [0.2, 0.25) is 10.2 Å². The molecular weight excluding hydrogens is 508 g/mol. The van der Waals surface area contributed by atoms with Crippen molar-refractivity contribution in [1.82, 2.24) is 4.98 Å². The molecule has 35 heavy (non-hydrogen) atoms. The molecule has 0 fully saturated rings. The topological polar surface area (TPSA) is 88.5 Å². The van der Waals surface area contributed by atoms with Crippen molar-refractivity contribution < 1.29 is 32.6 Å². The number of carbonyl (C=O) groups excluding carboxylic acids is 2. The second kappa shape index (κ2) is 10.2. The number of ether oxygens (including phenoxy) is 1. The number of hydrogen-bond acceptors (Lipinski definition) is 5. The fourth-order valence-corrected chi connectivity index (χ4v) is 4.11. The fraction of sp³-hybridized carbons (Fsp3) is 0.208. The number of pyridine rings is 1. The molecule has 1 aromatic heterocycles. The van der Waals surface area contributed by atoms with E-state index in [0.29, 0.717) is 0 Å². The number of anilines is 1. The highest BCUT2D eigenvalue weighted by Crippen LogP contribution is 2.50. The lowest BCUT2D eigenvalue weighted by Crippen LogP contribution is -2.46. The van der Waals surface area contributed by atoms with Crippen LogP contribution in [0, 0.1) is 0 Å². The van der Waals surface area contributed by atoms with Crippen molar-refractivity contribution in [2.75, 3.05) is 12.4 Å². The molecular formula is C24H19Cl2F3N2O4. The van der Waals surface area contributed by atoms with Crippen LogP contribution in [0.15, 0.2) is 60.8 Å². The normalized spacial score (nSPS) is 14.1. The number of rotatable bonds is 6. The van der Waals surface area contributed by atoms with Crippen molar-refractivity contribution in [2.45, 2.75) is 24.6 Å². The van der Waals surface area contributed by atoms with Crippen molar-refractivity contribution >= 4 is 40.8 Å². The quantitative estimate of drug-likeness (QED) is 0.304. The number of nitrogens with zero attached hydrogens (tertiary/aromatic N) is 1. The van der Waals surface area contributed by atoms with E-state index in [1.54, 1.807) is 0 Å². The van der Waals surface area contributed by atoms with Gasteiger partial charge in [-0.2, -0.15) is 13.2 Å². The van der Waals surface area contributed by atoms with Crippen LogP contribution >= 0.6 is 23.2 Å². The lowest BCUT2D eigenvalue weighted by molar-refractivity contribution is -0.274. The van der Waals surface area contributed by atoms with Crippen molar-refractivity contribution in [2.24, 2.45) is 0 Å². The zero-order chi connectivity index (χ0) is 26.0. The van der Waals surface area contributed by atoms with Gasteiger partial charge in [0.15, 0.2) is 5.60 Å². The zero-order valence-corrected chi connectivity index (χ0v) is 19.9. The van der Waals surface area contributed by atoms with Gasteiger partial charge in [0.05, 0.1) is 12.7 Å². The summed E-state index contributed by atoms with van der Waals surface area (Å²) in [5.41, 5.74) is -3.29. The number of esters is 1. The van der Waals surface area contributed by atoms with Crippen LogP contribution in [0.3, 0.4) is 0 Å². The highest BCUT2D eigenvalue weighted by Gasteiger charge is 2.59. The van der Waals surface area contributed by atoms with Crippen molar-refractivity contribution in [3.63, 3.8) is 0 Å². The molecule has 11 heteroatoms. The Morgan fingerprint density at radius 2 is 1.74 bits per heavy atom. The Hall–Kier alpha value is -3.14. The van der Waals surface area contributed by atoms with Gasteiger partial charge in [-0.1, -0.05) is 42.3 Å². The third-order valence-electron chi connectivity index (χ3n) is 5.50. The third-order valence-corrected chi connectivity index (χ3v) is 6.03. The van der Waals surface area contributed by atoms with E-state index >= 15 is 0 Å². The highest BCUT2D eigenvalue weighted by molar-refractivity contribution is 6.32. The number of nitrogens with one attached hydrogen (secondary N) is 1. The standard InChI is InChI=1S/C24H19Cl2F3N2O4/c1-13(23(34,24(27,28)29)16-8-9-30-20(26)11-16)18-7-6-17(12-19(18)25)31-21(32)14-4-3-5-15(10-14)22(33)35-2/h3-13,34H,1-2H3,(H,31,32). The monoisotopic (exact) mass is 526 g/mol. The maximum atomic E-state index is 14.1. The van der Waals surface area contributed by atoms with Crippen molar-refractivity contribution in [1.29, 1.82) is 0 Å². The number of aromatic nitrogens is 1. The van der Waals surface area contributed by atoms with E-state index in [4.69, 9.17) is 23.2 Å². The first-order valence-corrected chi connectivity index (χ1v) is 10.8. The molecule has 6 nitrogen and oxygen atoms in total. The SMILES string of the molecule is COC(=O)c1cccc(C(=O)Nc2ccc(C(C)C(O)(c3ccnc(Cl)c3)C(F)(F)F)c(Cl)c2)c1. The molecule has 0 aliphatic rings. The van der Waals surface area contributed by atoms with Gasteiger partial charge in [0, 0.05) is 28.4 Å². The number of methoxy groups -OCH3 is 1. The molecule has 0 radical (unpaired) electrons. The second-order valence-electron chi connectivity index (χ2n) is 7.62. The summed E-state index contributed by atoms with van der Waals surface area (Å²) in [6, 6.07) is 11.7. The van der Waals surface area contributed by atoms with Gasteiger partial charge >= 0.3 is 12.1 Å². The first kappa shape index (κ1) is 26.5. The summed E-state index contributed by atoms with van der Waals surface area (Å²) in [6.07, 6.45) is -4.01. The molecule has 0 aliphatic carbocycles. The van der Waals surface area contributed by atoms with Gasteiger partial charge in [-0.3, -0.25) is 4.79 Å². The number of benzene rings is 2. The summed E-state index contributed by atoms with van der Waals surface area (Å²) in [6.45, 7) is 1.18. The molecule has 0 aliphatic heterocycles. The van der Waals surface area contributed by atoms with E-state index in [0.717, 1.165) is 18.3 Å². The van der Waals surface area contributed by atoms with Gasteiger partial charge in [-0.15, -0.1) is 0 Å². The Balaban J connectivity index is 1.91. The van der Waals surface area contributed by atoms with Crippen LogP contribution in [0.5, 0.6) is 0 Å². The van der Waals surface area contributed by atoms with Crippen molar-refractivity contribution in [3.8, 4) is 0 Å². The summed E-state index contributed by atoms with van der Waals surface area (Å²) < 4.78 is 46.9. The first-order chi connectivity index (χ1) is 16.4. The molecule has 0 spiro atoms. The molecule has 0 bridgehead atoms. The molecule has 184 valence electrons. The fourth-order valence-electron chi connectivity index (χ4n) is 3.59. The van der Waals surface area contributed by atoms with Crippen molar-refractivity contribution in [3.05, 3.63) is 93.2 Å². The maximum Gasteiger partial charge on any atom is 0.422 e. The summed E-state index contributed by atoms with van der Waals surface area (Å²) in [5, 5.41) is 13.1. The zero-order valence-electron chi connectivity index (χ0n) is 18.4. The largest absolute Gasteiger partial charge is 0.465 e. The minimum atomic E-state index is -5.07. The van der Waals surface area contributed by atoms with Gasteiger partial charge < -0.3 is 15.2 Å². The van der Waals surface area contributed by atoms with Gasteiger partial charge in [0.1, 0.15) is 5.15 Å². The van der Waals surface area contributed by atoms with E-state index in [2.05, 4.69) is 15.0 Å². The van der Waals surface area contributed by atoms with E-state index in [1.165, 1.54) is 56.5 Å². The number of halogens is 5. The minimum Gasteiger partial charge on any atom is -0.465 e. The maximum absolute atomic E-state index is 14.1. The Kier molecular flexibility index (Phi) is 7.74. The Bertz CT molecular complexity index is 1270. The smallest absolute Gasteiger partial charge is 0.422 e. The molecule has 2 unspecified atom stereocenters. The van der Waals surface area contributed by atoms with E-state index in [9.17, 15) is 27.9 Å². The number of carbonyl (C=O) groups is 2. The predicted octanol–water partition coefficient (Wildman–Crippen LogP) is 5.98. The number of amides is 1. The summed E-state index contributed by atoms with van der Waals surface area (Å²) in [5.74, 6) is -2.74. The highest BCUT2D eigenvalue weighted by atomic mass is 35.5. The average molecular weight is 527 g/mol. The lowest BCUT2D eigenvalue weighted by Gasteiger charge is -2.37. The lowest BCUT2D eigenvalue weighted by atomic mass is 9.78. The summed E-state index contributed by atoms with van der Waals surface area (Å²) >= 11 is 12.0. The van der Waals surface area contributed by atoms with Crippen LogP contribution < -0.4 is 5.32 Å².